The van der Waals surface area contributed by atoms with Crippen LogP contribution in [0, 0.1) is 10.1 Å². The summed E-state index contributed by atoms with van der Waals surface area (Å²) in [5, 5.41) is 13.1. The van der Waals surface area contributed by atoms with Crippen molar-refractivity contribution in [2.24, 2.45) is 0 Å². The Hall–Kier alpha value is -3.88. The van der Waals surface area contributed by atoms with E-state index in [4.69, 9.17) is 4.18 Å². The van der Waals surface area contributed by atoms with E-state index in [0.717, 1.165) is 6.07 Å². The molecule has 1 aliphatic heterocycles. The van der Waals surface area contributed by atoms with Crippen molar-refractivity contribution in [1.29, 1.82) is 0 Å². The summed E-state index contributed by atoms with van der Waals surface area (Å²) in [5.74, 6) is -2.05. The molecule has 0 spiro atoms. The van der Waals surface area contributed by atoms with Crippen molar-refractivity contribution < 1.29 is 31.9 Å². The number of nitrogens with zero attached hydrogens (tertiary/aromatic N) is 2. The van der Waals surface area contributed by atoms with Crippen LogP contribution in [0.5, 0.6) is 5.75 Å². The van der Waals surface area contributed by atoms with E-state index < -0.39 is 38.5 Å². The number of hydrogen-bond acceptors (Lipinski definition) is 8. The van der Waals surface area contributed by atoms with Gasteiger partial charge < -0.3 is 4.18 Å². The van der Waals surface area contributed by atoms with Gasteiger partial charge in [0.1, 0.15) is 10.5 Å². The van der Waals surface area contributed by atoms with E-state index in [2.05, 4.69) is 31.9 Å². The number of rotatable bonds is 6. The third-order valence-electron chi connectivity index (χ3n) is 4.96. The molecular weight excluding hydrogens is 638 g/mol. The predicted octanol–water partition coefficient (Wildman–Crippen LogP) is 4.55. The van der Waals surface area contributed by atoms with Gasteiger partial charge in [0, 0.05) is 12.1 Å². The number of barbiturate groups is 1. The van der Waals surface area contributed by atoms with Crippen molar-refractivity contribution in [3.63, 3.8) is 0 Å². The van der Waals surface area contributed by atoms with Crippen LogP contribution in [0.15, 0.2) is 86.1 Å². The zero-order valence-electron chi connectivity index (χ0n) is 18.3. The Labute approximate surface area is 226 Å². The molecule has 1 aliphatic rings. The first-order valence-electron chi connectivity index (χ1n) is 10.1. The molecule has 1 saturated heterocycles. The SMILES string of the molecule is O=C1NC(=O)N(c2cccc([N+](=O)[O-])c2)C(=O)/C1=C/c1cc(Br)c(OS(=O)(=O)c2ccccc2)c(Br)c1. The Morgan fingerprint density at radius 2 is 1.59 bits per heavy atom. The normalized spacial score (nSPS) is 15.0. The Kier molecular flexibility index (Phi) is 7.25. The number of halogens is 2. The summed E-state index contributed by atoms with van der Waals surface area (Å²) in [7, 11) is -4.16. The van der Waals surface area contributed by atoms with Gasteiger partial charge in [0.2, 0.25) is 0 Å². The van der Waals surface area contributed by atoms with Crippen LogP contribution < -0.4 is 14.4 Å². The number of carbonyl (C=O) groups excluding carboxylic acids is 3. The maximum atomic E-state index is 13.1. The molecule has 37 heavy (non-hydrogen) atoms. The highest BCUT2D eigenvalue weighted by Crippen LogP contribution is 2.37. The zero-order valence-corrected chi connectivity index (χ0v) is 22.2. The molecule has 14 heteroatoms. The monoisotopic (exact) mass is 649 g/mol. The quantitative estimate of drug-likeness (QED) is 0.134. The highest BCUT2D eigenvalue weighted by Gasteiger charge is 2.37. The number of anilines is 1. The van der Waals surface area contributed by atoms with Crippen LogP contribution in [-0.2, 0) is 19.7 Å². The van der Waals surface area contributed by atoms with Crippen LogP contribution in [-0.4, -0.2) is 31.2 Å². The van der Waals surface area contributed by atoms with Crippen LogP contribution in [0.1, 0.15) is 5.56 Å². The number of imide groups is 2. The van der Waals surface area contributed by atoms with Crippen molar-refractivity contribution in [2.75, 3.05) is 4.90 Å². The van der Waals surface area contributed by atoms with E-state index in [1.807, 2.05) is 5.32 Å². The van der Waals surface area contributed by atoms with Crippen molar-refractivity contribution in [1.82, 2.24) is 5.32 Å². The van der Waals surface area contributed by atoms with Crippen molar-refractivity contribution >= 4 is 77.3 Å². The third kappa shape index (κ3) is 5.45. The molecule has 0 bridgehead atoms. The largest absolute Gasteiger partial charge is 0.377 e. The van der Waals surface area contributed by atoms with Gasteiger partial charge in [-0.2, -0.15) is 8.42 Å². The molecule has 1 N–H and O–H groups in total. The highest BCUT2D eigenvalue weighted by atomic mass is 79.9. The van der Waals surface area contributed by atoms with Gasteiger partial charge in [-0.25, -0.2) is 9.69 Å². The van der Waals surface area contributed by atoms with Crippen LogP contribution in [0.2, 0.25) is 0 Å². The number of benzene rings is 3. The van der Waals surface area contributed by atoms with Crippen LogP contribution in [0.4, 0.5) is 16.2 Å². The maximum absolute atomic E-state index is 13.1. The second-order valence-corrected chi connectivity index (χ2v) is 10.7. The van der Waals surface area contributed by atoms with E-state index in [9.17, 15) is 32.9 Å². The maximum Gasteiger partial charge on any atom is 0.339 e. The molecule has 0 radical (unpaired) electrons. The van der Waals surface area contributed by atoms with E-state index in [1.54, 1.807) is 18.2 Å². The average Bonchev–Trinajstić information content (AvgIpc) is 2.85. The Bertz CT molecular complexity index is 1580. The molecule has 188 valence electrons. The van der Waals surface area contributed by atoms with Crippen LogP contribution in [0.25, 0.3) is 6.08 Å². The summed E-state index contributed by atoms with van der Waals surface area (Å²) >= 11 is 6.47. The zero-order chi connectivity index (χ0) is 26.9. The molecule has 0 unspecified atom stereocenters. The molecule has 1 fully saturated rings. The van der Waals surface area contributed by atoms with Gasteiger partial charge in [-0.15, -0.1) is 0 Å². The van der Waals surface area contributed by atoms with Crippen LogP contribution >= 0.6 is 31.9 Å². The Morgan fingerprint density at radius 3 is 2.22 bits per heavy atom. The number of urea groups is 1. The van der Waals surface area contributed by atoms with Gasteiger partial charge in [-0.3, -0.25) is 25.0 Å². The first-order valence-corrected chi connectivity index (χ1v) is 13.1. The summed E-state index contributed by atoms with van der Waals surface area (Å²) < 4.78 is 30.8. The number of nitro benzene ring substituents is 1. The topological polar surface area (TPSA) is 153 Å². The Balaban J connectivity index is 1.68. The summed E-state index contributed by atoms with van der Waals surface area (Å²) in [4.78, 5) is 48.9. The molecule has 3 aromatic carbocycles. The summed E-state index contributed by atoms with van der Waals surface area (Å²) in [5.41, 5.74) is -0.618. The molecule has 1 heterocycles. The number of carbonyl (C=O) groups is 3. The van der Waals surface area contributed by atoms with Gasteiger partial charge in [-0.1, -0.05) is 24.3 Å². The standard InChI is InChI=1S/C23H13Br2N3O8S/c24-18-10-13(11-19(25)20(18)36-37(34,35)16-7-2-1-3-8-16)9-17-21(29)26-23(31)27(22(17)30)14-5-4-6-15(12-14)28(32)33/h1-12H,(H,26,29,31)/b17-9+. The summed E-state index contributed by atoms with van der Waals surface area (Å²) in [6.07, 6.45) is 1.18. The third-order valence-corrected chi connectivity index (χ3v) is 7.37. The van der Waals surface area contributed by atoms with Gasteiger partial charge in [0.05, 0.1) is 19.6 Å². The lowest BCUT2D eigenvalue weighted by Crippen LogP contribution is -2.54. The van der Waals surface area contributed by atoms with E-state index in [1.165, 1.54) is 48.5 Å². The van der Waals surface area contributed by atoms with Gasteiger partial charge >= 0.3 is 16.1 Å². The lowest BCUT2D eigenvalue weighted by molar-refractivity contribution is -0.384. The van der Waals surface area contributed by atoms with Gasteiger partial charge in [0.25, 0.3) is 17.5 Å². The van der Waals surface area contributed by atoms with E-state index in [-0.39, 0.29) is 36.5 Å². The molecule has 4 amide bonds. The lowest BCUT2D eigenvalue weighted by atomic mass is 10.1. The fourth-order valence-electron chi connectivity index (χ4n) is 3.29. The average molecular weight is 651 g/mol. The summed E-state index contributed by atoms with van der Waals surface area (Å²) in [6, 6.07) is 14.1. The van der Waals surface area contributed by atoms with Crippen molar-refractivity contribution in [3.8, 4) is 5.75 Å². The summed E-state index contributed by atoms with van der Waals surface area (Å²) in [6.45, 7) is 0. The first kappa shape index (κ1) is 26.2. The van der Waals surface area contributed by atoms with E-state index in [0.29, 0.717) is 4.90 Å². The minimum atomic E-state index is -4.16. The minimum absolute atomic E-state index is 0.0598. The number of hydrogen-bond donors (Lipinski definition) is 1. The second-order valence-electron chi connectivity index (χ2n) is 7.40. The van der Waals surface area contributed by atoms with Gasteiger partial charge in [-0.05, 0) is 73.8 Å². The smallest absolute Gasteiger partial charge is 0.339 e. The number of non-ortho nitro benzene ring substituents is 1. The van der Waals surface area contributed by atoms with Crippen molar-refractivity contribution in [2.45, 2.75) is 4.90 Å². The van der Waals surface area contributed by atoms with Crippen molar-refractivity contribution in [3.05, 3.63) is 96.9 Å². The fraction of sp³-hybridized carbons (Fsp3) is 0. The molecule has 0 saturated carbocycles. The molecule has 4 rings (SSSR count). The minimum Gasteiger partial charge on any atom is -0.377 e. The number of nitrogens with one attached hydrogen (secondary N) is 1. The number of nitro groups is 1. The van der Waals surface area contributed by atoms with E-state index >= 15 is 0 Å². The van der Waals surface area contributed by atoms with Gasteiger partial charge in [0.15, 0.2) is 5.75 Å². The lowest BCUT2D eigenvalue weighted by Gasteiger charge is -2.26. The fourth-order valence-corrected chi connectivity index (χ4v) is 5.88. The second kappa shape index (κ2) is 10.2. The first-order chi connectivity index (χ1) is 17.5. The molecule has 0 aromatic heterocycles. The van der Waals surface area contributed by atoms with Crippen LogP contribution in [0.3, 0.4) is 0 Å². The predicted molar refractivity (Wildman–Crippen MR) is 138 cm³/mol. The molecule has 11 nitrogen and oxygen atoms in total. The Morgan fingerprint density at radius 1 is 0.946 bits per heavy atom. The molecule has 0 atom stereocenters. The molecule has 3 aromatic rings. The number of amides is 4. The molecule has 0 aliphatic carbocycles. The molecular formula is C23H13Br2N3O8S. The highest BCUT2D eigenvalue weighted by molar-refractivity contribution is 9.11.